The van der Waals surface area contributed by atoms with Gasteiger partial charge in [0.15, 0.2) is 0 Å². The van der Waals surface area contributed by atoms with Crippen LogP contribution in [0.3, 0.4) is 0 Å². The van der Waals surface area contributed by atoms with Crippen molar-refractivity contribution in [1.29, 1.82) is 0 Å². The molecular formula is C11H18N2. The van der Waals surface area contributed by atoms with Gasteiger partial charge in [-0.05, 0) is 36.9 Å². The maximum atomic E-state index is 5.62. The Labute approximate surface area is 80.2 Å². The number of nitrogens with zero attached hydrogens (tertiary/aromatic N) is 1. The van der Waals surface area contributed by atoms with Gasteiger partial charge in [-0.15, -0.1) is 0 Å². The van der Waals surface area contributed by atoms with E-state index >= 15 is 0 Å². The lowest BCUT2D eigenvalue weighted by molar-refractivity contribution is 0.498. The highest BCUT2D eigenvalue weighted by Crippen LogP contribution is 2.22. The first-order valence-corrected chi connectivity index (χ1v) is 4.77. The summed E-state index contributed by atoms with van der Waals surface area (Å²) in [4.78, 5) is 4.28. The van der Waals surface area contributed by atoms with Gasteiger partial charge in [0.05, 0.1) is 0 Å². The zero-order chi connectivity index (χ0) is 9.84. The lowest BCUT2D eigenvalue weighted by Crippen LogP contribution is -2.17. The second-order valence-electron chi connectivity index (χ2n) is 3.73. The first-order chi connectivity index (χ1) is 6.15. The highest BCUT2D eigenvalue weighted by molar-refractivity contribution is 5.17. The van der Waals surface area contributed by atoms with E-state index in [1.807, 2.05) is 13.1 Å². The summed E-state index contributed by atoms with van der Waals surface area (Å²) in [5.74, 6) is 1.02. The van der Waals surface area contributed by atoms with Gasteiger partial charge < -0.3 is 5.73 Å². The molecule has 0 aliphatic heterocycles. The third-order valence-corrected chi connectivity index (χ3v) is 2.69. The lowest BCUT2D eigenvalue weighted by atomic mass is 9.90. The second kappa shape index (κ2) is 4.38. The molecule has 2 nitrogen and oxygen atoms in total. The maximum Gasteiger partial charge on any atom is 0.0372 e. The van der Waals surface area contributed by atoms with E-state index in [-0.39, 0.29) is 0 Å². The van der Waals surface area contributed by atoms with Crippen LogP contribution in [-0.4, -0.2) is 11.5 Å². The molecule has 0 aromatic carbocycles. The SMILES string of the molecule is Cc1ccc(C(C)C(C)CN)cn1. The molecule has 0 saturated heterocycles. The van der Waals surface area contributed by atoms with Gasteiger partial charge >= 0.3 is 0 Å². The zero-order valence-electron chi connectivity index (χ0n) is 8.62. The van der Waals surface area contributed by atoms with Gasteiger partial charge in [-0.2, -0.15) is 0 Å². The van der Waals surface area contributed by atoms with Gasteiger partial charge in [0, 0.05) is 11.9 Å². The summed E-state index contributed by atoms with van der Waals surface area (Å²) >= 11 is 0. The van der Waals surface area contributed by atoms with Crippen LogP contribution in [0, 0.1) is 12.8 Å². The summed E-state index contributed by atoms with van der Waals surface area (Å²) in [5.41, 5.74) is 7.97. The third-order valence-electron chi connectivity index (χ3n) is 2.69. The Morgan fingerprint density at radius 3 is 2.54 bits per heavy atom. The predicted molar refractivity (Wildman–Crippen MR) is 55.6 cm³/mol. The molecule has 0 fully saturated rings. The average Bonchev–Trinajstić information content (AvgIpc) is 2.17. The van der Waals surface area contributed by atoms with E-state index < -0.39 is 0 Å². The quantitative estimate of drug-likeness (QED) is 0.769. The van der Waals surface area contributed by atoms with Crippen LogP contribution in [0.4, 0.5) is 0 Å². The van der Waals surface area contributed by atoms with Crippen LogP contribution in [0.2, 0.25) is 0 Å². The normalized spacial score (nSPS) is 15.4. The summed E-state index contributed by atoms with van der Waals surface area (Å²) in [7, 11) is 0. The van der Waals surface area contributed by atoms with Crippen molar-refractivity contribution >= 4 is 0 Å². The first kappa shape index (κ1) is 10.2. The molecule has 2 N–H and O–H groups in total. The van der Waals surface area contributed by atoms with E-state index in [0.29, 0.717) is 11.8 Å². The summed E-state index contributed by atoms with van der Waals surface area (Å²) < 4.78 is 0. The Morgan fingerprint density at radius 2 is 2.08 bits per heavy atom. The summed E-state index contributed by atoms with van der Waals surface area (Å²) in [6, 6.07) is 4.19. The van der Waals surface area contributed by atoms with Crippen molar-refractivity contribution in [3.8, 4) is 0 Å². The van der Waals surface area contributed by atoms with Crippen LogP contribution < -0.4 is 5.73 Å². The Hall–Kier alpha value is -0.890. The van der Waals surface area contributed by atoms with Crippen molar-refractivity contribution in [1.82, 2.24) is 4.98 Å². The van der Waals surface area contributed by atoms with Crippen LogP contribution in [-0.2, 0) is 0 Å². The monoisotopic (exact) mass is 178 g/mol. The predicted octanol–water partition coefficient (Wildman–Crippen LogP) is 2.09. The van der Waals surface area contributed by atoms with Crippen molar-refractivity contribution < 1.29 is 0 Å². The zero-order valence-corrected chi connectivity index (χ0v) is 8.62. The van der Waals surface area contributed by atoms with Crippen molar-refractivity contribution in [2.24, 2.45) is 11.7 Å². The Balaban J connectivity index is 2.77. The van der Waals surface area contributed by atoms with Crippen LogP contribution in [0.15, 0.2) is 18.3 Å². The third kappa shape index (κ3) is 2.52. The molecule has 1 aromatic rings. The topological polar surface area (TPSA) is 38.9 Å². The van der Waals surface area contributed by atoms with Crippen LogP contribution in [0.25, 0.3) is 0 Å². The van der Waals surface area contributed by atoms with Gasteiger partial charge in [0.1, 0.15) is 0 Å². The smallest absolute Gasteiger partial charge is 0.0372 e. The standard InChI is InChI=1S/C11H18N2/c1-8(6-12)10(3)11-5-4-9(2)13-7-11/h4-5,7-8,10H,6,12H2,1-3H3. The van der Waals surface area contributed by atoms with Crippen LogP contribution in [0.1, 0.15) is 31.0 Å². The number of rotatable bonds is 3. The first-order valence-electron chi connectivity index (χ1n) is 4.77. The van der Waals surface area contributed by atoms with E-state index in [2.05, 4.69) is 31.0 Å². The largest absolute Gasteiger partial charge is 0.330 e. The fourth-order valence-electron chi connectivity index (χ4n) is 1.28. The molecule has 0 aliphatic rings. The highest BCUT2D eigenvalue weighted by atomic mass is 14.7. The number of hydrogen-bond acceptors (Lipinski definition) is 2. The van der Waals surface area contributed by atoms with Gasteiger partial charge in [-0.25, -0.2) is 0 Å². The average molecular weight is 178 g/mol. The summed E-state index contributed by atoms with van der Waals surface area (Å²) in [5, 5.41) is 0. The minimum Gasteiger partial charge on any atom is -0.330 e. The molecule has 1 heterocycles. The molecule has 1 aromatic heterocycles. The fraction of sp³-hybridized carbons (Fsp3) is 0.545. The van der Waals surface area contributed by atoms with Crippen molar-refractivity contribution in [3.63, 3.8) is 0 Å². The molecule has 0 amide bonds. The minimum absolute atomic E-state index is 0.498. The van der Waals surface area contributed by atoms with E-state index in [1.54, 1.807) is 0 Å². The van der Waals surface area contributed by atoms with Gasteiger partial charge in [0.25, 0.3) is 0 Å². The van der Waals surface area contributed by atoms with Crippen LogP contribution >= 0.6 is 0 Å². The number of aromatic nitrogens is 1. The summed E-state index contributed by atoms with van der Waals surface area (Å²) in [6.45, 7) is 7.10. The number of hydrogen-bond donors (Lipinski definition) is 1. The Morgan fingerprint density at radius 1 is 1.38 bits per heavy atom. The van der Waals surface area contributed by atoms with Gasteiger partial charge in [-0.1, -0.05) is 19.9 Å². The number of aryl methyl sites for hydroxylation is 1. The molecule has 13 heavy (non-hydrogen) atoms. The maximum absolute atomic E-state index is 5.62. The summed E-state index contributed by atoms with van der Waals surface area (Å²) in [6.07, 6.45) is 1.95. The van der Waals surface area contributed by atoms with E-state index in [0.717, 1.165) is 12.2 Å². The highest BCUT2D eigenvalue weighted by Gasteiger charge is 2.12. The van der Waals surface area contributed by atoms with Crippen molar-refractivity contribution in [2.75, 3.05) is 6.54 Å². The lowest BCUT2D eigenvalue weighted by Gasteiger charge is -2.17. The van der Waals surface area contributed by atoms with E-state index in [9.17, 15) is 0 Å². The molecule has 2 atom stereocenters. The van der Waals surface area contributed by atoms with E-state index in [1.165, 1.54) is 5.56 Å². The molecule has 1 rings (SSSR count). The second-order valence-corrected chi connectivity index (χ2v) is 3.73. The molecule has 0 aliphatic carbocycles. The van der Waals surface area contributed by atoms with Crippen molar-refractivity contribution in [2.45, 2.75) is 26.7 Å². The molecule has 0 spiro atoms. The minimum atomic E-state index is 0.498. The molecule has 72 valence electrons. The molecule has 2 unspecified atom stereocenters. The van der Waals surface area contributed by atoms with Crippen LogP contribution in [0.5, 0.6) is 0 Å². The molecule has 0 bridgehead atoms. The van der Waals surface area contributed by atoms with Gasteiger partial charge in [-0.3, -0.25) is 4.98 Å². The van der Waals surface area contributed by atoms with E-state index in [4.69, 9.17) is 5.73 Å². The molecule has 2 heteroatoms. The number of pyridine rings is 1. The molecule has 0 radical (unpaired) electrons. The fourth-order valence-corrected chi connectivity index (χ4v) is 1.28. The van der Waals surface area contributed by atoms with Gasteiger partial charge in [0.2, 0.25) is 0 Å². The Kier molecular flexibility index (Phi) is 3.43. The molecular weight excluding hydrogens is 160 g/mol. The van der Waals surface area contributed by atoms with Crippen molar-refractivity contribution in [3.05, 3.63) is 29.6 Å². The Bertz CT molecular complexity index is 253. The molecule has 0 saturated carbocycles. The number of nitrogens with two attached hydrogens (primary N) is 1.